The van der Waals surface area contributed by atoms with Crippen molar-refractivity contribution in [2.75, 3.05) is 4.90 Å². The van der Waals surface area contributed by atoms with Crippen LogP contribution in [0.1, 0.15) is 27.7 Å². The van der Waals surface area contributed by atoms with Crippen molar-refractivity contribution in [2.24, 2.45) is 0 Å². The summed E-state index contributed by atoms with van der Waals surface area (Å²) in [6.07, 6.45) is 0. The Labute approximate surface area is 198 Å². The fourth-order valence-electron chi connectivity index (χ4n) is 3.71. The monoisotopic (exact) mass is 459 g/mol. The molecule has 3 heterocycles. The molecule has 0 unspecified atom stereocenters. The molecule has 1 aliphatic rings. The smallest absolute Gasteiger partial charge is 0.399 e. The molecule has 4 aromatic rings. The average Bonchev–Trinajstić information content (AvgIpc) is 3.48. The van der Waals surface area contributed by atoms with E-state index >= 15 is 0 Å². The first kappa shape index (κ1) is 21.5. The van der Waals surface area contributed by atoms with Crippen molar-refractivity contribution in [3.05, 3.63) is 84.9 Å². The van der Waals surface area contributed by atoms with Gasteiger partial charge in [0.1, 0.15) is 5.00 Å². The maximum absolute atomic E-state index is 6.24. The Morgan fingerprint density at radius 2 is 1.12 bits per heavy atom. The molecule has 0 N–H and O–H groups in total. The van der Waals surface area contributed by atoms with Gasteiger partial charge in [-0.15, -0.1) is 22.7 Å². The van der Waals surface area contributed by atoms with Crippen molar-refractivity contribution in [2.45, 2.75) is 38.9 Å². The lowest BCUT2D eigenvalue weighted by molar-refractivity contribution is 0.00578. The molecule has 0 spiro atoms. The standard InChI is InChI=1S/C26H26BNO2S2/c1-25(2)26(3,4)30-27(29-25)23-17-15-21(31-23)22-16-18-24(32-22)28(19-11-7-5-8-12-19)20-13-9-6-10-14-20/h5-18H,1-4H3. The van der Waals surface area contributed by atoms with Gasteiger partial charge in [0.2, 0.25) is 0 Å². The average molecular weight is 459 g/mol. The summed E-state index contributed by atoms with van der Waals surface area (Å²) in [7, 11) is -0.316. The fourth-order valence-corrected chi connectivity index (χ4v) is 5.81. The van der Waals surface area contributed by atoms with Crippen LogP contribution in [0.25, 0.3) is 9.75 Å². The lowest BCUT2D eigenvalue weighted by atomic mass is 9.88. The van der Waals surface area contributed by atoms with Crippen molar-refractivity contribution < 1.29 is 9.31 Å². The van der Waals surface area contributed by atoms with Gasteiger partial charge in [-0.05, 0) is 70.2 Å². The van der Waals surface area contributed by atoms with Gasteiger partial charge in [0.15, 0.2) is 0 Å². The third-order valence-corrected chi connectivity index (χ3v) is 8.57. The Hall–Kier alpha value is -2.38. The van der Waals surface area contributed by atoms with Crippen LogP contribution in [0, 0.1) is 0 Å². The van der Waals surface area contributed by atoms with Crippen molar-refractivity contribution in [1.29, 1.82) is 0 Å². The molecule has 5 rings (SSSR count). The van der Waals surface area contributed by atoms with Gasteiger partial charge in [-0.3, -0.25) is 0 Å². The molecule has 1 aliphatic heterocycles. The largest absolute Gasteiger partial charge is 0.505 e. The maximum Gasteiger partial charge on any atom is 0.505 e. The molecule has 162 valence electrons. The summed E-state index contributed by atoms with van der Waals surface area (Å²) >= 11 is 3.54. The predicted molar refractivity (Wildman–Crippen MR) is 138 cm³/mol. The lowest BCUT2D eigenvalue weighted by Gasteiger charge is -2.32. The highest BCUT2D eigenvalue weighted by atomic mass is 32.1. The number of thiophene rings is 2. The molecule has 0 saturated carbocycles. The third kappa shape index (κ3) is 3.93. The molecular formula is C26H26BNO2S2. The second-order valence-electron chi connectivity index (χ2n) is 8.93. The number of hydrogen-bond donors (Lipinski definition) is 0. The van der Waals surface area contributed by atoms with E-state index in [0.717, 1.165) is 16.2 Å². The quantitative estimate of drug-likeness (QED) is 0.294. The number of anilines is 3. The van der Waals surface area contributed by atoms with Crippen molar-refractivity contribution in [3.63, 3.8) is 0 Å². The Balaban J connectivity index is 1.45. The second-order valence-corrected chi connectivity index (χ2v) is 11.1. The van der Waals surface area contributed by atoms with E-state index < -0.39 is 0 Å². The Bertz CT molecular complexity index is 1150. The highest BCUT2D eigenvalue weighted by Crippen LogP contribution is 2.43. The van der Waals surface area contributed by atoms with E-state index in [9.17, 15) is 0 Å². The van der Waals surface area contributed by atoms with Crippen LogP contribution in [0.15, 0.2) is 84.9 Å². The summed E-state index contributed by atoms with van der Waals surface area (Å²) in [5, 5.41) is 1.18. The SMILES string of the molecule is CC1(C)OB(c2ccc(-c3ccc(N(c4ccccc4)c4ccccc4)s3)s2)OC1(C)C. The van der Waals surface area contributed by atoms with E-state index in [2.05, 4.69) is 118 Å². The van der Waals surface area contributed by atoms with E-state index in [-0.39, 0.29) is 18.3 Å². The Kier molecular flexibility index (Phi) is 5.50. The highest BCUT2D eigenvalue weighted by Gasteiger charge is 2.52. The van der Waals surface area contributed by atoms with Gasteiger partial charge in [0, 0.05) is 25.9 Å². The summed E-state index contributed by atoms with van der Waals surface area (Å²) < 4.78 is 13.6. The molecule has 1 fully saturated rings. The van der Waals surface area contributed by atoms with E-state index in [0.29, 0.717) is 0 Å². The molecular weight excluding hydrogens is 433 g/mol. The van der Waals surface area contributed by atoms with Gasteiger partial charge >= 0.3 is 7.12 Å². The van der Waals surface area contributed by atoms with Crippen LogP contribution in [0.4, 0.5) is 16.4 Å². The van der Waals surface area contributed by atoms with Crippen LogP contribution in [-0.2, 0) is 9.31 Å². The molecule has 0 radical (unpaired) electrons. The van der Waals surface area contributed by atoms with Crippen molar-refractivity contribution >= 4 is 50.9 Å². The molecule has 1 saturated heterocycles. The number of para-hydroxylation sites is 2. The summed E-state index contributed by atoms with van der Waals surface area (Å²) in [4.78, 5) is 4.77. The summed E-state index contributed by atoms with van der Waals surface area (Å²) in [6, 6.07) is 29.7. The van der Waals surface area contributed by atoms with Crippen LogP contribution in [-0.4, -0.2) is 18.3 Å². The van der Waals surface area contributed by atoms with Crippen LogP contribution in [0.3, 0.4) is 0 Å². The molecule has 0 aliphatic carbocycles. The van der Waals surface area contributed by atoms with E-state index in [1.165, 1.54) is 14.8 Å². The van der Waals surface area contributed by atoms with Crippen LogP contribution >= 0.6 is 22.7 Å². The second kappa shape index (κ2) is 8.20. The number of rotatable bonds is 5. The van der Waals surface area contributed by atoms with E-state index in [4.69, 9.17) is 9.31 Å². The minimum absolute atomic E-state index is 0.316. The Morgan fingerprint density at radius 1 is 0.625 bits per heavy atom. The topological polar surface area (TPSA) is 21.7 Å². The normalized spacial score (nSPS) is 16.9. The van der Waals surface area contributed by atoms with Gasteiger partial charge in [-0.2, -0.15) is 0 Å². The zero-order valence-electron chi connectivity index (χ0n) is 18.7. The van der Waals surface area contributed by atoms with Crippen LogP contribution in [0.5, 0.6) is 0 Å². The number of benzene rings is 2. The van der Waals surface area contributed by atoms with Gasteiger partial charge in [0.25, 0.3) is 0 Å². The Morgan fingerprint density at radius 3 is 1.69 bits per heavy atom. The van der Waals surface area contributed by atoms with E-state index in [1.807, 2.05) is 0 Å². The molecule has 2 aromatic carbocycles. The minimum Gasteiger partial charge on any atom is -0.399 e. The number of nitrogens with zero attached hydrogens (tertiary/aromatic N) is 1. The highest BCUT2D eigenvalue weighted by molar-refractivity contribution is 7.28. The molecule has 0 atom stereocenters. The zero-order valence-corrected chi connectivity index (χ0v) is 20.4. The lowest BCUT2D eigenvalue weighted by Crippen LogP contribution is -2.41. The molecule has 6 heteroatoms. The van der Waals surface area contributed by atoms with Crippen molar-refractivity contribution in [3.8, 4) is 9.75 Å². The van der Waals surface area contributed by atoms with Crippen LogP contribution in [0.2, 0.25) is 0 Å². The van der Waals surface area contributed by atoms with Gasteiger partial charge < -0.3 is 14.2 Å². The van der Waals surface area contributed by atoms with E-state index in [1.54, 1.807) is 22.7 Å². The first-order valence-corrected chi connectivity index (χ1v) is 12.4. The maximum atomic E-state index is 6.24. The van der Waals surface area contributed by atoms with Gasteiger partial charge in [0.05, 0.1) is 11.2 Å². The van der Waals surface area contributed by atoms with Crippen molar-refractivity contribution in [1.82, 2.24) is 0 Å². The molecule has 3 nitrogen and oxygen atoms in total. The molecule has 0 bridgehead atoms. The first-order valence-electron chi connectivity index (χ1n) is 10.8. The van der Waals surface area contributed by atoms with Gasteiger partial charge in [-0.1, -0.05) is 42.5 Å². The third-order valence-electron chi connectivity index (χ3n) is 6.20. The molecule has 32 heavy (non-hydrogen) atoms. The first-order chi connectivity index (χ1) is 15.3. The fraction of sp³-hybridized carbons (Fsp3) is 0.231. The molecule has 0 amide bonds. The van der Waals surface area contributed by atoms with Gasteiger partial charge in [-0.25, -0.2) is 0 Å². The molecule has 2 aromatic heterocycles. The summed E-state index contributed by atoms with van der Waals surface area (Å²) in [5.74, 6) is 0. The summed E-state index contributed by atoms with van der Waals surface area (Å²) in [6.45, 7) is 8.37. The summed E-state index contributed by atoms with van der Waals surface area (Å²) in [5.41, 5.74) is 1.64. The predicted octanol–water partition coefficient (Wildman–Crippen LogP) is 7.25. The zero-order chi connectivity index (χ0) is 22.3. The van der Waals surface area contributed by atoms with Crippen LogP contribution < -0.4 is 9.68 Å². The minimum atomic E-state index is -0.330. The number of hydrogen-bond acceptors (Lipinski definition) is 5.